The van der Waals surface area contributed by atoms with E-state index in [1.54, 1.807) is 17.4 Å². The van der Waals surface area contributed by atoms with E-state index in [2.05, 4.69) is 16.0 Å². The summed E-state index contributed by atoms with van der Waals surface area (Å²) in [4.78, 5) is 4.74. The molecule has 4 rings (SSSR count). The Kier molecular flexibility index (Phi) is 4.42. The van der Waals surface area contributed by atoms with Gasteiger partial charge in [0.1, 0.15) is 10.8 Å². The van der Waals surface area contributed by atoms with Crippen molar-refractivity contribution in [2.24, 2.45) is 0 Å². The van der Waals surface area contributed by atoms with E-state index in [0.29, 0.717) is 12.0 Å². The number of benzene rings is 1. The molecular formula is C18H22FN3S. The van der Waals surface area contributed by atoms with Crippen molar-refractivity contribution in [2.75, 3.05) is 13.1 Å². The molecule has 3 nitrogen and oxygen atoms in total. The summed E-state index contributed by atoms with van der Waals surface area (Å²) < 4.78 is 13.5. The zero-order chi connectivity index (χ0) is 15.6. The zero-order valence-corrected chi connectivity index (χ0v) is 13.9. The van der Waals surface area contributed by atoms with Crippen LogP contribution >= 0.6 is 11.3 Å². The van der Waals surface area contributed by atoms with Crippen molar-refractivity contribution in [3.8, 4) is 0 Å². The number of hydrogen-bond acceptors (Lipinski definition) is 4. The number of rotatable bonds is 5. The smallest absolute Gasteiger partial charge is 0.123 e. The second-order valence-electron chi connectivity index (χ2n) is 6.58. The lowest BCUT2D eigenvalue weighted by Gasteiger charge is -2.33. The van der Waals surface area contributed by atoms with Crippen molar-refractivity contribution in [1.29, 1.82) is 0 Å². The Morgan fingerprint density at radius 3 is 3.04 bits per heavy atom. The van der Waals surface area contributed by atoms with Crippen LogP contribution in [0.15, 0.2) is 29.6 Å². The van der Waals surface area contributed by atoms with Crippen molar-refractivity contribution in [3.05, 3.63) is 51.7 Å². The van der Waals surface area contributed by atoms with E-state index >= 15 is 0 Å². The molecule has 0 amide bonds. The summed E-state index contributed by atoms with van der Waals surface area (Å²) in [6.07, 6.45) is 3.63. The minimum atomic E-state index is -0.145. The fourth-order valence-corrected chi connectivity index (χ4v) is 4.23. The molecule has 2 atom stereocenters. The van der Waals surface area contributed by atoms with Gasteiger partial charge in [-0.1, -0.05) is 12.1 Å². The van der Waals surface area contributed by atoms with Gasteiger partial charge in [-0.3, -0.25) is 0 Å². The fraction of sp³-hybridized carbons (Fsp3) is 0.500. The largest absolute Gasteiger partial charge is 0.315 e. The van der Waals surface area contributed by atoms with E-state index in [1.165, 1.54) is 24.6 Å². The third kappa shape index (κ3) is 3.62. The fourth-order valence-electron chi connectivity index (χ4n) is 3.40. The highest BCUT2D eigenvalue weighted by atomic mass is 32.1. The standard InChI is InChI=1S/C18H22FN3S/c19-14-3-1-2-13(8-14)15-6-7-20-9-16(15)21-10-18-22-17(11-23-18)12-4-5-12/h1-3,8,11-12,15-16,20-21H,4-7,9-10H2/t15-,16-/m0/s1. The Morgan fingerprint density at radius 2 is 2.22 bits per heavy atom. The van der Waals surface area contributed by atoms with Gasteiger partial charge in [0, 0.05) is 36.3 Å². The van der Waals surface area contributed by atoms with Gasteiger partial charge in [0.05, 0.1) is 5.69 Å². The Morgan fingerprint density at radius 1 is 1.30 bits per heavy atom. The van der Waals surface area contributed by atoms with E-state index in [9.17, 15) is 4.39 Å². The molecule has 2 aromatic rings. The quantitative estimate of drug-likeness (QED) is 0.882. The summed E-state index contributed by atoms with van der Waals surface area (Å²) in [5.41, 5.74) is 2.37. The third-order valence-electron chi connectivity index (χ3n) is 4.84. The molecule has 5 heteroatoms. The Hall–Kier alpha value is -1.30. The number of piperidine rings is 1. The first-order valence-electron chi connectivity index (χ1n) is 8.43. The molecule has 2 fully saturated rings. The second-order valence-corrected chi connectivity index (χ2v) is 7.52. The topological polar surface area (TPSA) is 37.0 Å². The molecule has 0 bridgehead atoms. The lowest BCUT2D eigenvalue weighted by Crippen LogP contribution is -2.47. The van der Waals surface area contributed by atoms with Crippen LogP contribution in [-0.4, -0.2) is 24.1 Å². The Balaban J connectivity index is 1.42. The van der Waals surface area contributed by atoms with Gasteiger partial charge in [0.15, 0.2) is 0 Å². The van der Waals surface area contributed by atoms with Crippen LogP contribution in [-0.2, 0) is 6.54 Å². The highest BCUT2D eigenvalue weighted by Crippen LogP contribution is 2.40. The summed E-state index contributed by atoms with van der Waals surface area (Å²) in [5, 5.41) is 10.5. The first-order valence-corrected chi connectivity index (χ1v) is 9.31. The average Bonchev–Trinajstić information content (AvgIpc) is 3.32. The van der Waals surface area contributed by atoms with Gasteiger partial charge in [0.25, 0.3) is 0 Å². The predicted octanol–water partition coefficient (Wildman–Crippen LogP) is 3.39. The minimum absolute atomic E-state index is 0.145. The van der Waals surface area contributed by atoms with Gasteiger partial charge in [-0.2, -0.15) is 0 Å². The third-order valence-corrected chi connectivity index (χ3v) is 5.71. The van der Waals surface area contributed by atoms with Crippen LogP contribution in [0, 0.1) is 5.82 Å². The van der Waals surface area contributed by atoms with Gasteiger partial charge < -0.3 is 10.6 Å². The van der Waals surface area contributed by atoms with Gasteiger partial charge >= 0.3 is 0 Å². The maximum absolute atomic E-state index is 13.5. The van der Waals surface area contributed by atoms with E-state index in [4.69, 9.17) is 4.98 Å². The highest BCUT2D eigenvalue weighted by molar-refractivity contribution is 7.09. The molecule has 0 radical (unpaired) electrons. The van der Waals surface area contributed by atoms with Crippen molar-refractivity contribution in [1.82, 2.24) is 15.6 Å². The summed E-state index contributed by atoms with van der Waals surface area (Å²) >= 11 is 1.75. The molecule has 0 spiro atoms. The van der Waals surface area contributed by atoms with Crippen LogP contribution in [0.5, 0.6) is 0 Å². The summed E-state index contributed by atoms with van der Waals surface area (Å²) in [7, 11) is 0. The maximum Gasteiger partial charge on any atom is 0.123 e. The number of nitrogens with one attached hydrogen (secondary N) is 2. The predicted molar refractivity (Wildman–Crippen MR) is 91.3 cm³/mol. The Bertz CT molecular complexity index is 668. The number of halogens is 1. The molecule has 1 saturated carbocycles. The first-order chi connectivity index (χ1) is 11.3. The number of aromatic nitrogens is 1. The van der Waals surface area contributed by atoms with E-state index in [1.807, 2.05) is 12.1 Å². The van der Waals surface area contributed by atoms with Crippen LogP contribution in [0.4, 0.5) is 4.39 Å². The molecule has 23 heavy (non-hydrogen) atoms. The molecule has 0 unspecified atom stereocenters. The average molecular weight is 331 g/mol. The number of hydrogen-bond donors (Lipinski definition) is 2. The molecule has 1 aliphatic carbocycles. The van der Waals surface area contributed by atoms with Crippen LogP contribution < -0.4 is 10.6 Å². The van der Waals surface area contributed by atoms with Crippen molar-refractivity contribution in [3.63, 3.8) is 0 Å². The second kappa shape index (κ2) is 6.67. The van der Waals surface area contributed by atoms with E-state index in [-0.39, 0.29) is 5.82 Å². The lowest BCUT2D eigenvalue weighted by atomic mass is 9.86. The SMILES string of the molecule is Fc1cccc([C@@H]2CCNC[C@@H]2NCc2nc(C3CC3)cs2)c1. The van der Waals surface area contributed by atoms with Crippen LogP contribution in [0.3, 0.4) is 0 Å². The molecule has 1 aromatic carbocycles. The maximum atomic E-state index is 13.5. The monoisotopic (exact) mass is 331 g/mol. The number of thiazole rings is 1. The molecule has 1 saturated heterocycles. The summed E-state index contributed by atoms with van der Waals surface area (Å²) in [5.74, 6) is 0.931. The van der Waals surface area contributed by atoms with Crippen molar-refractivity contribution in [2.45, 2.75) is 43.7 Å². The number of nitrogens with zero attached hydrogens (tertiary/aromatic N) is 1. The van der Waals surface area contributed by atoms with E-state index in [0.717, 1.165) is 42.5 Å². The summed E-state index contributed by atoms with van der Waals surface area (Å²) in [6.45, 7) is 2.71. The van der Waals surface area contributed by atoms with Gasteiger partial charge in [0.2, 0.25) is 0 Å². The van der Waals surface area contributed by atoms with Crippen molar-refractivity contribution >= 4 is 11.3 Å². The normalized spacial score (nSPS) is 24.7. The van der Waals surface area contributed by atoms with Gasteiger partial charge in [-0.05, 0) is 43.5 Å². The molecule has 2 aliphatic rings. The minimum Gasteiger partial charge on any atom is -0.315 e. The van der Waals surface area contributed by atoms with Crippen LogP contribution in [0.1, 0.15) is 47.4 Å². The lowest BCUT2D eigenvalue weighted by molar-refractivity contribution is 0.341. The van der Waals surface area contributed by atoms with Crippen LogP contribution in [0.25, 0.3) is 0 Å². The Labute approximate surface area is 140 Å². The molecule has 122 valence electrons. The zero-order valence-electron chi connectivity index (χ0n) is 13.1. The molecule has 1 aliphatic heterocycles. The van der Waals surface area contributed by atoms with Crippen LogP contribution in [0.2, 0.25) is 0 Å². The first kappa shape index (κ1) is 15.2. The molecule has 2 N–H and O–H groups in total. The summed E-state index contributed by atoms with van der Waals surface area (Å²) in [6, 6.07) is 7.37. The van der Waals surface area contributed by atoms with Crippen molar-refractivity contribution < 1.29 is 4.39 Å². The van der Waals surface area contributed by atoms with Gasteiger partial charge in [-0.25, -0.2) is 9.37 Å². The van der Waals surface area contributed by atoms with E-state index < -0.39 is 0 Å². The molecule has 1 aromatic heterocycles. The molecular weight excluding hydrogens is 309 g/mol. The molecule has 2 heterocycles. The van der Waals surface area contributed by atoms with Gasteiger partial charge in [-0.15, -0.1) is 11.3 Å². The highest BCUT2D eigenvalue weighted by Gasteiger charge is 2.28.